The van der Waals surface area contributed by atoms with Crippen LogP contribution in [0.2, 0.25) is 0 Å². The third-order valence-corrected chi connectivity index (χ3v) is 6.31. The Morgan fingerprint density at radius 1 is 1.27 bits per heavy atom. The van der Waals surface area contributed by atoms with E-state index >= 15 is 0 Å². The van der Waals surface area contributed by atoms with Crippen LogP contribution >= 0.6 is 11.3 Å². The lowest BCUT2D eigenvalue weighted by Gasteiger charge is -2.25. The molecule has 1 fully saturated rings. The number of urea groups is 1. The zero-order valence-corrected chi connectivity index (χ0v) is 15.2. The first-order chi connectivity index (χ1) is 12.5. The van der Waals surface area contributed by atoms with E-state index in [1.165, 1.54) is 21.8 Å². The van der Waals surface area contributed by atoms with Gasteiger partial charge in [0.1, 0.15) is 5.54 Å². The number of carbonyl (C=O) groups excluding carboxylic acids is 3. The van der Waals surface area contributed by atoms with Crippen molar-refractivity contribution in [3.05, 3.63) is 57.3 Å². The summed E-state index contributed by atoms with van der Waals surface area (Å²) in [5.74, 6) is -0.887. The predicted octanol–water partition coefficient (Wildman–Crippen LogP) is 2.74. The van der Waals surface area contributed by atoms with Gasteiger partial charge in [0.2, 0.25) is 0 Å². The van der Waals surface area contributed by atoms with Gasteiger partial charge in [-0.3, -0.25) is 15.0 Å². The summed E-state index contributed by atoms with van der Waals surface area (Å²) in [6.07, 6.45) is 3.48. The van der Waals surface area contributed by atoms with E-state index < -0.39 is 23.4 Å². The molecule has 1 atom stereocenters. The fraction of sp³-hybridized carbons (Fsp3) is 0.316. The molecular formula is C19H19N3O3S. The lowest BCUT2D eigenvalue weighted by atomic mass is 9.87. The molecule has 134 valence electrons. The first kappa shape index (κ1) is 16.8. The summed E-state index contributed by atoms with van der Waals surface area (Å²) in [5.41, 5.74) is 3.24. The van der Waals surface area contributed by atoms with Crippen LogP contribution in [0.15, 0.2) is 36.4 Å². The number of nitrogens with zero attached hydrogens (tertiary/aromatic N) is 1. The molecule has 2 aromatic rings. The van der Waals surface area contributed by atoms with Crippen molar-refractivity contribution in [1.29, 1.82) is 0 Å². The maximum atomic E-state index is 13.0. The maximum absolute atomic E-state index is 13.0. The number of hydrogen-bond donors (Lipinski definition) is 2. The van der Waals surface area contributed by atoms with Gasteiger partial charge in [0, 0.05) is 4.88 Å². The second-order valence-corrected chi connectivity index (χ2v) is 7.69. The summed E-state index contributed by atoms with van der Waals surface area (Å²) >= 11 is 1.44. The smallest absolute Gasteiger partial charge is 0.318 e. The van der Waals surface area contributed by atoms with E-state index in [1.807, 2.05) is 31.2 Å². The Bertz CT molecular complexity index is 871. The molecule has 26 heavy (non-hydrogen) atoms. The highest BCUT2D eigenvalue weighted by molar-refractivity contribution is 7.14. The molecule has 0 saturated carbocycles. The van der Waals surface area contributed by atoms with Gasteiger partial charge < -0.3 is 5.32 Å². The molecular weight excluding hydrogens is 350 g/mol. The number of rotatable bonds is 4. The highest BCUT2D eigenvalue weighted by Gasteiger charge is 2.52. The van der Waals surface area contributed by atoms with Crippen molar-refractivity contribution in [2.24, 2.45) is 0 Å². The highest BCUT2D eigenvalue weighted by Crippen LogP contribution is 2.33. The standard InChI is InChI=1S/C19H19N3O3S/c1-2-19(13-8-4-3-5-9-13)17(24)22(18(25)20-19)21-16(23)15-11-12-7-6-10-14(12)26-15/h3-5,8-9,11H,2,6-7,10H2,1H3,(H,20,25)(H,21,23)/t19-/m1/s1. The monoisotopic (exact) mass is 369 g/mol. The molecule has 4 amide bonds. The van der Waals surface area contributed by atoms with Gasteiger partial charge in [0.05, 0.1) is 4.88 Å². The molecule has 2 N–H and O–H groups in total. The van der Waals surface area contributed by atoms with Crippen LogP contribution in [0.4, 0.5) is 4.79 Å². The summed E-state index contributed by atoms with van der Waals surface area (Å²) in [5, 5.41) is 3.56. The van der Waals surface area contributed by atoms with Crippen molar-refractivity contribution in [2.75, 3.05) is 0 Å². The molecule has 1 aliphatic carbocycles. The molecule has 0 spiro atoms. The molecule has 0 radical (unpaired) electrons. The van der Waals surface area contributed by atoms with Gasteiger partial charge in [-0.25, -0.2) is 4.79 Å². The second kappa shape index (κ2) is 6.25. The minimum Gasteiger partial charge on any atom is -0.318 e. The molecule has 1 aromatic carbocycles. The van der Waals surface area contributed by atoms with Crippen LogP contribution in [0.5, 0.6) is 0 Å². The Morgan fingerprint density at radius 2 is 2.04 bits per heavy atom. The Balaban J connectivity index is 1.58. The normalized spacial score (nSPS) is 21.7. The number of benzene rings is 1. The molecule has 1 saturated heterocycles. The minimum atomic E-state index is -1.15. The highest BCUT2D eigenvalue weighted by atomic mass is 32.1. The fourth-order valence-corrected chi connectivity index (χ4v) is 4.78. The first-order valence-corrected chi connectivity index (χ1v) is 9.51. The van der Waals surface area contributed by atoms with Gasteiger partial charge in [0.25, 0.3) is 11.8 Å². The average Bonchev–Trinajstić information content (AvgIpc) is 3.31. The SMILES string of the molecule is CC[C@]1(c2ccccc2)NC(=O)N(NC(=O)c2cc3c(s2)CCC3)C1=O. The maximum Gasteiger partial charge on any atom is 0.344 e. The lowest BCUT2D eigenvalue weighted by Crippen LogP contribution is -2.48. The quantitative estimate of drug-likeness (QED) is 0.814. The van der Waals surface area contributed by atoms with Crippen LogP contribution in [0.3, 0.4) is 0 Å². The van der Waals surface area contributed by atoms with E-state index in [0.717, 1.165) is 24.3 Å². The van der Waals surface area contributed by atoms with Crippen molar-refractivity contribution in [3.63, 3.8) is 0 Å². The van der Waals surface area contributed by atoms with E-state index in [1.54, 1.807) is 12.1 Å². The Labute approximate surface area is 155 Å². The van der Waals surface area contributed by atoms with Crippen LogP contribution in [0, 0.1) is 0 Å². The molecule has 2 aliphatic rings. The van der Waals surface area contributed by atoms with Crippen molar-refractivity contribution in [2.45, 2.75) is 38.1 Å². The molecule has 2 heterocycles. The summed E-state index contributed by atoms with van der Waals surface area (Å²) in [6.45, 7) is 1.83. The number of hydrogen-bond acceptors (Lipinski definition) is 4. The second-order valence-electron chi connectivity index (χ2n) is 6.55. The zero-order valence-electron chi connectivity index (χ0n) is 14.4. The van der Waals surface area contributed by atoms with Crippen LogP contribution < -0.4 is 10.7 Å². The van der Waals surface area contributed by atoms with E-state index in [4.69, 9.17) is 0 Å². The summed E-state index contributed by atoms with van der Waals surface area (Å²) in [6, 6.07) is 10.3. The van der Waals surface area contributed by atoms with Crippen LogP contribution in [-0.2, 0) is 23.2 Å². The molecule has 1 aliphatic heterocycles. The van der Waals surface area contributed by atoms with Crippen LogP contribution in [0.25, 0.3) is 0 Å². The topological polar surface area (TPSA) is 78.5 Å². The number of fused-ring (bicyclic) bond motifs is 1. The van der Waals surface area contributed by atoms with Gasteiger partial charge in [0.15, 0.2) is 0 Å². The lowest BCUT2D eigenvalue weighted by molar-refractivity contribution is -0.133. The van der Waals surface area contributed by atoms with Gasteiger partial charge in [-0.15, -0.1) is 11.3 Å². The third kappa shape index (κ3) is 2.50. The molecule has 0 unspecified atom stereocenters. The Kier molecular flexibility index (Phi) is 4.03. The van der Waals surface area contributed by atoms with Gasteiger partial charge in [-0.1, -0.05) is 37.3 Å². The van der Waals surface area contributed by atoms with E-state index in [2.05, 4.69) is 10.7 Å². The van der Waals surface area contributed by atoms with Crippen LogP contribution in [0.1, 0.15) is 45.4 Å². The van der Waals surface area contributed by atoms with Gasteiger partial charge in [-0.2, -0.15) is 5.01 Å². The number of thiophene rings is 1. The minimum absolute atomic E-state index is 0.390. The predicted molar refractivity (Wildman–Crippen MR) is 97.6 cm³/mol. The average molecular weight is 369 g/mol. The fourth-order valence-electron chi connectivity index (χ4n) is 3.64. The summed E-state index contributed by atoms with van der Waals surface area (Å²) in [4.78, 5) is 39.7. The Morgan fingerprint density at radius 3 is 2.73 bits per heavy atom. The molecule has 6 nitrogen and oxygen atoms in total. The molecule has 0 bridgehead atoms. The first-order valence-electron chi connectivity index (χ1n) is 8.70. The van der Waals surface area contributed by atoms with Crippen molar-refractivity contribution in [3.8, 4) is 0 Å². The third-order valence-electron chi connectivity index (χ3n) is 5.07. The summed E-state index contributed by atoms with van der Waals surface area (Å²) < 4.78 is 0. The number of hydrazine groups is 1. The number of amides is 4. The molecule has 7 heteroatoms. The zero-order chi connectivity index (χ0) is 18.3. The van der Waals surface area contributed by atoms with Crippen molar-refractivity contribution in [1.82, 2.24) is 15.8 Å². The number of carbonyl (C=O) groups is 3. The van der Waals surface area contributed by atoms with Gasteiger partial charge in [-0.05, 0) is 42.9 Å². The van der Waals surface area contributed by atoms with Crippen molar-refractivity contribution >= 4 is 29.2 Å². The Hall–Kier alpha value is -2.67. The number of aryl methyl sites for hydroxylation is 2. The van der Waals surface area contributed by atoms with Crippen LogP contribution in [-0.4, -0.2) is 22.9 Å². The van der Waals surface area contributed by atoms with Gasteiger partial charge >= 0.3 is 6.03 Å². The van der Waals surface area contributed by atoms with E-state index in [-0.39, 0.29) is 0 Å². The largest absolute Gasteiger partial charge is 0.344 e. The van der Waals surface area contributed by atoms with Crippen molar-refractivity contribution < 1.29 is 14.4 Å². The molecule has 4 rings (SSSR count). The number of nitrogens with one attached hydrogen (secondary N) is 2. The van der Waals surface area contributed by atoms with E-state index in [9.17, 15) is 14.4 Å². The molecule has 1 aromatic heterocycles. The summed E-state index contributed by atoms with van der Waals surface area (Å²) in [7, 11) is 0. The van der Waals surface area contributed by atoms with E-state index in [0.29, 0.717) is 16.9 Å². The number of imide groups is 1.